The van der Waals surface area contributed by atoms with Crippen molar-refractivity contribution in [2.45, 2.75) is 45.1 Å². The van der Waals surface area contributed by atoms with Gasteiger partial charge in [0.1, 0.15) is 0 Å². The van der Waals surface area contributed by atoms with Gasteiger partial charge in [0, 0.05) is 15.8 Å². The molecule has 1 rings (SSSR count). The average Bonchev–Trinajstić information content (AvgIpc) is 2.48. The number of rotatable bonds is 4. The zero-order valence-corrected chi connectivity index (χ0v) is 11.0. The molecule has 4 heteroatoms. The molecule has 90 valence electrons. The average molecular weight is 241 g/mol. The lowest BCUT2D eigenvalue weighted by atomic mass is 9.69. The van der Waals surface area contributed by atoms with E-state index in [0.717, 1.165) is 10.4 Å². The second-order valence-electron chi connectivity index (χ2n) is 5.06. The van der Waals surface area contributed by atoms with Crippen LogP contribution in [0.15, 0.2) is 11.4 Å². The van der Waals surface area contributed by atoms with Crippen LogP contribution in [0, 0.1) is 6.92 Å². The fraction of sp³-hybridized carbons (Fsp3) is 0.583. The van der Waals surface area contributed by atoms with E-state index in [9.17, 15) is 4.79 Å². The van der Waals surface area contributed by atoms with E-state index in [1.807, 2.05) is 39.1 Å². The number of aliphatic carboxylic acids is 1. The Morgan fingerprint density at radius 3 is 2.38 bits per heavy atom. The van der Waals surface area contributed by atoms with Crippen LogP contribution < -0.4 is 5.73 Å². The van der Waals surface area contributed by atoms with Gasteiger partial charge in [-0.15, -0.1) is 11.3 Å². The molecule has 0 fully saturated rings. The molecule has 1 heterocycles. The molecule has 0 aliphatic carbocycles. The van der Waals surface area contributed by atoms with Gasteiger partial charge in [0.15, 0.2) is 0 Å². The number of hydrogen-bond donors (Lipinski definition) is 2. The first-order valence-corrected chi connectivity index (χ1v) is 6.12. The Balaban J connectivity index is 3.26. The summed E-state index contributed by atoms with van der Waals surface area (Å²) in [5.41, 5.74) is 6.18. The smallest absolute Gasteiger partial charge is 0.304 e. The fourth-order valence-corrected chi connectivity index (χ4v) is 3.10. The van der Waals surface area contributed by atoms with Crippen molar-refractivity contribution in [2.75, 3.05) is 0 Å². The second kappa shape index (κ2) is 4.18. The van der Waals surface area contributed by atoms with E-state index in [-0.39, 0.29) is 6.42 Å². The van der Waals surface area contributed by atoms with Crippen LogP contribution in [-0.4, -0.2) is 16.6 Å². The van der Waals surface area contributed by atoms with Crippen LogP contribution in [0.25, 0.3) is 0 Å². The topological polar surface area (TPSA) is 63.3 Å². The minimum absolute atomic E-state index is 0.0534. The first-order chi connectivity index (χ1) is 7.18. The second-order valence-corrected chi connectivity index (χ2v) is 5.97. The van der Waals surface area contributed by atoms with Gasteiger partial charge in [-0.3, -0.25) is 4.79 Å². The van der Waals surface area contributed by atoms with Crippen molar-refractivity contribution in [1.82, 2.24) is 0 Å². The van der Waals surface area contributed by atoms with Gasteiger partial charge in [0.05, 0.1) is 6.42 Å². The summed E-state index contributed by atoms with van der Waals surface area (Å²) in [4.78, 5) is 12.1. The molecule has 1 aromatic heterocycles. The van der Waals surface area contributed by atoms with Gasteiger partial charge in [0.2, 0.25) is 0 Å². The molecule has 0 aliphatic rings. The van der Waals surface area contributed by atoms with Crippen molar-refractivity contribution >= 4 is 17.3 Å². The van der Waals surface area contributed by atoms with Crippen molar-refractivity contribution in [3.63, 3.8) is 0 Å². The maximum absolute atomic E-state index is 11.0. The van der Waals surface area contributed by atoms with E-state index < -0.39 is 16.9 Å². The first kappa shape index (κ1) is 13.2. The molecular formula is C12H19NO2S. The predicted octanol–water partition coefficient (Wildman–Crippen LogP) is 2.53. The molecule has 0 aromatic carbocycles. The predicted molar refractivity (Wildman–Crippen MR) is 66.9 cm³/mol. The Morgan fingerprint density at radius 1 is 1.50 bits per heavy atom. The molecule has 1 unspecified atom stereocenters. The molecule has 1 aromatic rings. The van der Waals surface area contributed by atoms with Crippen molar-refractivity contribution in [3.8, 4) is 0 Å². The molecule has 3 nitrogen and oxygen atoms in total. The van der Waals surface area contributed by atoms with Gasteiger partial charge in [-0.25, -0.2) is 0 Å². The molecule has 0 amide bonds. The van der Waals surface area contributed by atoms with Crippen molar-refractivity contribution in [1.29, 1.82) is 0 Å². The van der Waals surface area contributed by atoms with Gasteiger partial charge in [-0.1, -0.05) is 6.92 Å². The van der Waals surface area contributed by atoms with Crippen LogP contribution in [0.5, 0.6) is 0 Å². The maximum atomic E-state index is 11.0. The fourth-order valence-electron chi connectivity index (χ4n) is 1.84. The molecule has 0 spiro atoms. The Morgan fingerprint density at radius 2 is 2.06 bits per heavy atom. The lowest BCUT2D eigenvalue weighted by Gasteiger charge is -2.40. The summed E-state index contributed by atoms with van der Waals surface area (Å²) in [6.07, 6.45) is 0.0534. The molecular weight excluding hydrogens is 222 g/mol. The van der Waals surface area contributed by atoms with Crippen LogP contribution in [0.2, 0.25) is 0 Å². The zero-order chi connectivity index (χ0) is 12.6. The summed E-state index contributed by atoms with van der Waals surface area (Å²) in [5.74, 6) is -0.811. The van der Waals surface area contributed by atoms with Gasteiger partial charge < -0.3 is 10.8 Å². The number of carbonyl (C=O) groups is 1. The van der Waals surface area contributed by atoms with E-state index in [1.165, 1.54) is 0 Å². The molecule has 16 heavy (non-hydrogen) atoms. The van der Waals surface area contributed by atoms with Gasteiger partial charge in [-0.05, 0) is 37.8 Å². The SMILES string of the molecule is Cc1ccsc1C(C)(CC(=O)O)C(C)(C)N. The molecule has 0 saturated carbocycles. The Bertz CT molecular complexity index is 392. The Labute approximate surface area is 100 Å². The van der Waals surface area contributed by atoms with Gasteiger partial charge in [-0.2, -0.15) is 0 Å². The normalized spacial score (nSPS) is 15.8. The van der Waals surface area contributed by atoms with Crippen molar-refractivity contribution in [3.05, 3.63) is 21.9 Å². The van der Waals surface area contributed by atoms with Crippen molar-refractivity contribution < 1.29 is 9.90 Å². The molecule has 1 atom stereocenters. The van der Waals surface area contributed by atoms with E-state index in [0.29, 0.717) is 0 Å². The Hall–Kier alpha value is -0.870. The minimum Gasteiger partial charge on any atom is -0.481 e. The Kier molecular flexibility index (Phi) is 3.45. The summed E-state index contributed by atoms with van der Waals surface area (Å²) in [5, 5.41) is 11.0. The van der Waals surface area contributed by atoms with Gasteiger partial charge in [0.25, 0.3) is 0 Å². The molecule has 0 radical (unpaired) electrons. The zero-order valence-electron chi connectivity index (χ0n) is 10.2. The number of carboxylic acid groups (broad SMARTS) is 1. The lowest BCUT2D eigenvalue weighted by Crippen LogP contribution is -2.53. The van der Waals surface area contributed by atoms with Crippen LogP contribution in [0.1, 0.15) is 37.6 Å². The third kappa shape index (κ3) is 2.28. The highest BCUT2D eigenvalue weighted by Crippen LogP contribution is 2.41. The van der Waals surface area contributed by atoms with Crippen molar-refractivity contribution in [2.24, 2.45) is 5.73 Å². The van der Waals surface area contributed by atoms with Crippen LogP contribution in [0.4, 0.5) is 0 Å². The monoisotopic (exact) mass is 241 g/mol. The first-order valence-electron chi connectivity index (χ1n) is 5.24. The lowest BCUT2D eigenvalue weighted by molar-refractivity contribution is -0.139. The molecule has 0 aliphatic heterocycles. The highest BCUT2D eigenvalue weighted by Gasteiger charge is 2.43. The molecule has 3 N–H and O–H groups in total. The number of thiophene rings is 1. The van der Waals surface area contributed by atoms with Crippen LogP contribution in [0.3, 0.4) is 0 Å². The minimum atomic E-state index is -0.811. The highest BCUT2D eigenvalue weighted by molar-refractivity contribution is 7.10. The van der Waals surface area contributed by atoms with E-state index in [2.05, 4.69) is 0 Å². The molecule has 0 bridgehead atoms. The number of aryl methyl sites for hydroxylation is 1. The maximum Gasteiger partial charge on any atom is 0.304 e. The van der Waals surface area contributed by atoms with E-state index in [4.69, 9.17) is 10.8 Å². The van der Waals surface area contributed by atoms with Crippen LogP contribution in [-0.2, 0) is 10.2 Å². The summed E-state index contributed by atoms with van der Waals surface area (Å²) < 4.78 is 0. The molecule has 0 saturated heterocycles. The number of carboxylic acids is 1. The summed E-state index contributed by atoms with van der Waals surface area (Å²) >= 11 is 1.58. The van der Waals surface area contributed by atoms with E-state index >= 15 is 0 Å². The highest BCUT2D eigenvalue weighted by atomic mass is 32.1. The quantitative estimate of drug-likeness (QED) is 0.851. The standard InChI is InChI=1S/C12H19NO2S/c1-8-5-6-16-10(8)12(4,7-9(14)15)11(2,3)13/h5-6H,7,13H2,1-4H3,(H,14,15). The third-order valence-corrected chi connectivity index (χ3v) is 4.57. The number of nitrogens with two attached hydrogens (primary N) is 1. The third-order valence-electron chi connectivity index (χ3n) is 3.29. The van der Waals surface area contributed by atoms with Crippen LogP contribution >= 0.6 is 11.3 Å². The van der Waals surface area contributed by atoms with Gasteiger partial charge >= 0.3 is 5.97 Å². The number of hydrogen-bond acceptors (Lipinski definition) is 3. The summed E-state index contributed by atoms with van der Waals surface area (Å²) in [6, 6.07) is 2.01. The van der Waals surface area contributed by atoms with E-state index in [1.54, 1.807) is 11.3 Å². The largest absolute Gasteiger partial charge is 0.481 e. The summed E-state index contributed by atoms with van der Waals surface area (Å²) in [6.45, 7) is 7.70. The summed E-state index contributed by atoms with van der Waals surface area (Å²) in [7, 11) is 0.